The van der Waals surface area contributed by atoms with Crippen LogP contribution in [0.25, 0.3) is 5.57 Å². The van der Waals surface area contributed by atoms with Gasteiger partial charge in [-0.25, -0.2) is 9.59 Å². The van der Waals surface area contributed by atoms with Crippen molar-refractivity contribution in [1.29, 1.82) is 0 Å². The van der Waals surface area contributed by atoms with Gasteiger partial charge in [-0.05, 0) is 49.7 Å². The molecule has 0 spiro atoms. The van der Waals surface area contributed by atoms with Crippen LogP contribution in [0.1, 0.15) is 46.5 Å². The second-order valence-corrected chi connectivity index (χ2v) is 6.15. The molecule has 0 unspecified atom stereocenters. The van der Waals surface area contributed by atoms with Gasteiger partial charge in [0.25, 0.3) is 5.91 Å². The average molecular weight is 380 g/mol. The Kier molecular flexibility index (Phi) is 5.44. The Morgan fingerprint density at radius 2 is 1.75 bits per heavy atom. The van der Waals surface area contributed by atoms with Crippen molar-refractivity contribution in [2.24, 2.45) is 0 Å². The van der Waals surface area contributed by atoms with E-state index in [1.807, 2.05) is 6.92 Å². The summed E-state index contributed by atoms with van der Waals surface area (Å²) in [6.07, 6.45) is 0.558. The van der Waals surface area contributed by atoms with Crippen LogP contribution in [0.4, 0.5) is 11.4 Å². The number of ether oxygens (including phenoxy) is 1. The highest BCUT2D eigenvalue weighted by molar-refractivity contribution is 6.32. The lowest BCUT2D eigenvalue weighted by atomic mass is 10.0. The molecule has 7 heteroatoms. The highest BCUT2D eigenvalue weighted by Gasteiger charge is 2.28. The third-order valence-corrected chi connectivity index (χ3v) is 4.36. The molecule has 0 bridgehead atoms. The van der Waals surface area contributed by atoms with Crippen molar-refractivity contribution in [3.63, 3.8) is 0 Å². The topological polar surface area (TPSA) is 105 Å². The van der Waals surface area contributed by atoms with Crippen LogP contribution in [0.15, 0.2) is 48.2 Å². The third kappa shape index (κ3) is 3.73. The third-order valence-electron chi connectivity index (χ3n) is 4.36. The molecule has 0 saturated heterocycles. The SMILES string of the molecule is CCOC(=O)c1ccc2c(c1)NC(=O)C2=C(CC)Nc1ccc(C(=O)O)cc1. The van der Waals surface area contributed by atoms with E-state index < -0.39 is 11.9 Å². The molecule has 1 heterocycles. The second kappa shape index (κ2) is 7.96. The highest BCUT2D eigenvalue weighted by atomic mass is 16.5. The van der Waals surface area contributed by atoms with Crippen molar-refractivity contribution < 1.29 is 24.2 Å². The number of fused-ring (bicyclic) bond motifs is 1. The fourth-order valence-electron chi connectivity index (χ4n) is 3.01. The van der Waals surface area contributed by atoms with Crippen molar-refractivity contribution >= 4 is 34.8 Å². The maximum atomic E-state index is 12.6. The van der Waals surface area contributed by atoms with Gasteiger partial charge >= 0.3 is 11.9 Å². The number of nitrogens with one attached hydrogen (secondary N) is 2. The molecule has 1 amide bonds. The lowest BCUT2D eigenvalue weighted by Gasteiger charge is -2.12. The summed E-state index contributed by atoms with van der Waals surface area (Å²) in [6.45, 7) is 3.92. The first-order valence-corrected chi connectivity index (χ1v) is 8.91. The first-order valence-electron chi connectivity index (χ1n) is 8.91. The van der Waals surface area contributed by atoms with Gasteiger partial charge in [-0.15, -0.1) is 0 Å². The zero-order chi connectivity index (χ0) is 20.3. The smallest absolute Gasteiger partial charge is 0.338 e. The molecule has 3 N–H and O–H groups in total. The van der Waals surface area contributed by atoms with Crippen LogP contribution in [0.3, 0.4) is 0 Å². The molecule has 2 aromatic rings. The highest BCUT2D eigenvalue weighted by Crippen LogP contribution is 2.35. The van der Waals surface area contributed by atoms with Crippen molar-refractivity contribution in [3.8, 4) is 0 Å². The van der Waals surface area contributed by atoms with Crippen LogP contribution in [0, 0.1) is 0 Å². The first-order chi connectivity index (χ1) is 13.4. The Morgan fingerprint density at radius 1 is 1.07 bits per heavy atom. The molecule has 0 radical (unpaired) electrons. The number of aromatic carboxylic acids is 1. The van der Waals surface area contributed by atoms with E-state index >= 15 is 0 Å². The first kappa shape index (κ1) is 19.2. The summed E-state index contributed by atoms with van der Waals surface area (Å²) in [4.78, 5) is 35.5. The summed E-state index contributed by atoms with van der Waals surface area (Å²) in [7, 11) is 0. The summed E-state index contributed by atoms with van der Waals surface area (Å²) >= 11 is 0. The Bertz CT molecular complexity index is 977. The van der Waals surface area contributed by atoms with Crippen LogP contribution < -0.4 is 10.6 Å². The van der Waals surface area contributed by atoms with Gasteiger partial charge < -0.3 is 20.5 Å². The molecule has 0 saturated carbocycles. The number of amides is 1. The van der Waals surface area contributed by atoms with Gasteiger partial charge in [-0.3, -0.25) is 4.79 Å². The van der Waals surface area contributed by atoms with E-state index in [2.05, 4.69) is 10.6 Å². The number of carboxylic acid groups (broad SMARTS) is 1. The second-order valence-electron chi connectivity index (χ2n) is 6.15. The molecule has 2 aromatic carbocycles. The largest absolute Gasteiger partial charge is 0.478 e. The van der Waals surface area contributed by atoms with Crippen molar-refractivity contribution in [2.75, 3.05) is 17.2 Å². The molecule has 1 aliphatic heterocycles. The maximum absolute atomic E-state index is 12.6. The van der Waals surface area contributed by atoms with E-state index in [1.54, 1.807) is 37.3 Å². The van der Waals surface area contributed by atoms with Gasteiger partial charge in [-0.1, -0.05) is 13.0 Å². The van der Waals surface area contributed by atoms with E-state index in [0.29, 0.717) is 40.2 Å². The normalized spacial score (nSPS) is 14.1. The number of benzene rings is 2. The number of anilines is 2. The van der Waals surface area contributed by atoms with E-state index in [4.69, 9.17) is 9.84 Å². The average Bonchev–Trinajstić information content (AvgIpc) is 3.01. The molecule has 28 heavy (non-hydrogen) atoms. The van der Waals surface area contributed by atoms with Crippen molar-refractivity contribution in [3.05, 3.63) is 64.9 Å². The van der Waals surface area contributed by atoms with Gasteiger partial charge in [0, 0.05) is 16.9 Å². The van der Waals surface area contributed by atoms with Crippen molar-refractivity contribution in [2.45, 2.75) is 20.3 Å². The molecule has 1 aliphatic rings. The number of carboxylic acids is 1. The molecule has 7 nitrogen and oxygen atoms in total. The minimum atomic E-state index is -0.998. The Hall–Kier alpha value is -3.61. The van der Waals surface area contributed by atoms with Gasteiger partial charge in [0.2, 0.25) is 0 Å². The minimum Gasteiger partial charge on any atom is -0.478 e. The Morgan fingerprint density at radius 3 is 2.36 bits per heavy atom. The molecular formula is C21H20N2O5. The summed E-state index contributed by atoms with van der Waals surface area (Å²) in [5.41, 5.74) is 3.69. The lowest BCUT2D eigenvalue weighted by molar-refractivity contribution is -0.110. The van der Waals surface area contributed by atoms with E-state index in [-0.39, 0.29) is 18.1 Å². The van der Waals surface area contributed by atoms with Gasteiger partial charge in [0.05, 0.1) is 29.0 Å². The van der Waals surface area contributed by atoms with Crippen LogP contribution >= 0.6 is 0 Å². The summed E-state index contributed by atoms with van der Waals surface area (Å²) in [5.74, 6) is -1.70. The quantitative estimate of drug-likeness (QED) is 0.521. The molecule has 144 valence electrons. The van der Waals surface area contributed by atoms with E-state index in [0.717, 1.165) is 0 Å². The monoisotopic (exact) mass is 380 g/mol. The fraction of sp³-hybridized carbons (Fsp3) is 0.190. The van der Waals surface area contributed by atoms with E-state index in [1.165, 1.54) is 12.1 Å². The van der Waals surface area contributed by atoms with Crippen LogP contribution in [0.2, 0.25) is 0 Å². The molecular weight excluding hydrogens is 360 g/mol. The number of hydrogen-bond donors (Lipinski definition) is 3. The van der Waals surface area contributed by atoms with Crippen LogP contribution in [-0.4, -0.2) is 29.6 Å². The minimum absolute atomic E-state index is 0.187. The molecule has 0 aliphatic carbocycles. The number of hydrogen-bond acceptors (Lipinski definition) is 5. The summed E-state index contributed by atoms with van der Waals surface area (Å²) < 4.78 is 5.00. The lowest BCUT2D eigenvalue weighted by Crippen LogP contribution is -2.10. The molecule has 0 fully saturated rings. The number of esters is 1. The number of allylic oxidation sites excluding steroid dienone is 1. The predicted molar refractivity (Wildman–Crippen MR) is 105 cm³/mol. The molecule has 0 atom stereocenters. The van der Waals surface area contributed by atoms with Gasteiger partial charge in [0.1, 0.15) is 0 Å². The molecule has 0 aromatic heterocycles. The fourth-order valence-corrected chi connectivity index (χ4v) is 3.01. The standard InChI is InChI=1S/C21H20N2O5/c1-3-16(22-14-8-5-12(6-9-14)20(25)26)18-15-10-7-13(21(27)28-4-2)11-17(15)23-19(18)24/h5-11,22H,3-4H2,1-2H3,(H,23,24)(H,25,26). The van der Waals surface area contributed by atoms with Crippen LogP contribution in [0.5, 0.6) is 0 Å². The van der Waals surface area contributed by atoms with Gasteiger partial charge in [-0.2, -0.15) is 0 Å². The summed E-state index contributed by atoms with van der Waals surface area (Å²) in [5, 5.41) is 15.0. The predicted octanol–water partition coefficient (Wildman–Crippen LogP) is 3.75. The van der Waals surface area contributed by atoms with Crippen molar-refractivity contribution in [1.82, 2.24) is 0 Å². The summed E-state index contributed by atoms with van der Waals surface area (Å²) in [6, 6.07) is 11.3. The Balaban J connectivity index is 1.94. The Labute approximate surface area is 162 Å². The number of rotatable bonds is 6. The van der Waals surface area contributed by atoms with Gasteiger partial charge in [0.15, 0.2) is 0 Å². The number of carbonyl (C=O) groups excluding carboxylic acids is 2. The van der Waals surface area contributed by atoms with E-state index in [9.17, 15) is 14.4 Å². The number of carbonyl (C=O) groups is 3. The zero-order valence-corrected chi connectivity index (χ0v) is 15.5. The molecule has 3 rings (SSSR count). The van der Waals surface area contributed by atoms with Crippen LogP contribution in [-0.2, 0) is 9.53 Å². The maximum Gasteiger partial charge on any atom is 0.338 e. The zero-order valence-electron chi connectivity index (χ0n) is 15.5.